The van der Waals surface area contributed by atoms with Crippen molar-refractivity contribution in [3.63, 3.8) is 0 Å². The first kappa shape index (κ1) is 10.7. The molecular formula is C13H16BrN. The maximum absolute atomic E-state index is 3.58. The Morgan fingerprint density at radius 3 is 2.87 bits per heavy atom. The fourth-order valence-electron chi connectivity index (χ4n) is 1.81. The summed E-state index contributed by atoms with van der Waals surface area (Å²) < 4.78 is 3.52. The number of rotatable bonds is 3. The Balaban J connectivity index is 2.41. The van der Waals surface area contributed by atoms with Gasteiger partial charge in [-0.3, -0.25) is 0 Å². The van der Waals surface area contributed by atoms with E-state index in [2.05, 4.69) is 64.8 Å². The predicted molar refractivity (Wildman–Crippen MR) is 69.1 cm³/mol. The Morgan fingerprint density at radius 1 is 1.33 bits per heavy atom. The molecule has 15 heavy (non-hydrogen) atoms. The minimum atomic E-state index is 0.736. The molecule has 1 heterocycles. The van der Waals surface area contributed by atoms with Gasteiger partial charge in [-0.1, -0.05) is 42.3 Å². The predicted octanol–water partition coefficient (Wildman–Crippen LogP) is 4.45. The summed E-state index contributed by atoms with van der Waals surface area (Å²) in [5, 5.41) is 1.31. The highest BCUT2D eigenvalue weighted by molar-refractivity contribution is 9.10. The van der Waals surface area contributed by atoms with Crippen molar-refractivity contribution in [3.05, 3.63) is 34.9 Å². The summed E-state index contributed by atoms with van der Waals surface area (Å²) in [6, 6.07) is 8.56. The molecule has 0 aliphatic rings. The van der Waals surface area contributed by atoms with Crippen LogP contribution in [0.3, 0.4) is 0 Å². The number of hydrogen-bond acceptors (Lipinski definition) is 0. The molecule has 80 valence electrons. The summed E-state index contributed by atoms with van der Waals surface area (Å²) in [4.78, 5) is 0. The van der Waals surface area contributed by atoms with Crippen molar-refractivity contribution in [2.45, 2.75) is 26.8 Å². The summed E-state index contributed by atoms with van der Waals surface area (Å²) in [5.74, 6) is 0.736. The zero-order chi connectivity index (χ0) is 10.8. The van der Waals surface area contributed by atoms with Gasteiger partial charge < -0.3 is 4.57 Å². The highest BCUT2D eigenvalue weighted by Crippen LogP contribution is 2.25. The highest BCUT2D eigenvalue weighted by Gasteiger charge is 2.05. The second-order valence-electron chi connectivity index (χ2n) is 4.15. The minimum absolute atomic E-state index is 0.736. The van der Waals surface area contributed by atoms with Crippen LogP contribution in [0.2, 0.25) is 0 Å². The van der Waals surface area contributed by atoms with Crippen molar-refractivity contribution in [2.24, 2.45) is 5.92 Å². The van der Waals surface area contributed by atoms with E-state index in [0.717, 1.165) is 12.5 Å². The van der Waals surface area contributed by atoms with Gasteiger partial charge in [-0.2, -0.15) is 0 Å². The molecule has 0 saturated heterocycles. The molecule has 1 aromatic carbocycles. The second kappa shape index (κ2) is 4.40. The molecule has 1 atom stereocenters. The van der Waals surface area contributed by atoms with Crippen LogP contribution in [0.25, 0.3) is 10.9 Å². The van der Waals surface area contributed by atoms with Crippen LogP contribution in [0.5, 0.6) is 0 Å². The van der Waals surface area contributed by atoms with Crippen LogP contribution < -0.4 is 0 Å². The molecule has 1 nitrogen and oxygen atoms in total. The van der Waals surface area contributed by atoms with E-state index in [4.69, 9.17) is 0 Å². The minimum Gasteiger partial charge on any atom is -0.347 e. The number of fused-ring (bicyclic) bond motifs is 1. The van der Waals surface area contributed by atoms with E-state index in [1.54, 1.807) is 0 Å². The van der Waals surface area contributed by atoms with Crippen LogP contribution in [0.4, 0.5) is 0 Å². The molecule has 0 fully saturated rings. The molecule has 0 radical (unpaired) electrons. The normalized spacial score (nSPS) is 13.3. The fourth-order valence-corrected chi connectivity index (χ4v) is 2.30. The van der Waals surface area contributed by atoms with Gasteiger partial charge in [-0.05, 0) is 24.1 Å². The highest BCUT2D eigenvalue weighted by atomic mass is 79.9. The number of hydrogen-bond donors (Lipinski definition) is 0. The van der Waals surface area contributed by atoms with Gasteiger partial charge in [0.15, 0.2) is 0 Å². The quantitative estimate of drug-likeness (QED) is 0.773. The Bertz CT molecular complexity index is 459. The van der Waals surface area contributed by atoms with Gasteiger partial charge >= 0.3 is 0 Å². The van der Waals surface area contributed by atoms with Crippen LogP contribution >= 0.6 is 15.9 Å². The first-order valence-electron chi connectivity index (χ1n) is 5.45. The van der Waals surface area contributed by atoms with E-state index in [-0.39, 0.29) is 0 Å². The number of halogens is 1. The lowest BCUT2D eigenvalue weighted by Crippen LogP contribution is -2.04. The van der Waals surface area contributed by atoms with Crippen molar-refractivity contribution < 1.29 is 0 Å². The molecule has 0 spiro atoms. The van der Waals surface area contributed by atoms with Crippen molar-refractivity contribution >= 4 is 26.8 Å². The summed E-state index contributed by atoms with van der Waals surface area (Å²) >= 11 is 3.58. The number of benzene rings is 1. The number of nitrogens with zero attached hydrogens (tertiary/aromatic N) is 1. The molecule has 0 saturated carbocycles. The van der Waals surface area contributed by atoms with E-state index in [0.29, 0.717) is 0 Å². The fraction of sp³-hybridized carbons (Fsp3) is 0.385. The third kappa shape index (κ3) is 2.10. The summed E-state index contributed by atoms with van der Waals surface area (Å²) in [6.45, 7) is 5.65. The van der Waals surface area contributed by atoms with E-state index >= 15 is 0 Å². The lowest BCUT2D eigenvalue weighted by atomic mass is 10.1. The van der Waals surface area contributed by atoms with Gasteiger partial charge in [-0.25, -0.2) is 0 Å². The Hall–Kier alpha value is -0.760. The maximum Gasteiger partial charge on any atom is 0.0491 e. The second-order valence-corrected chi connectivity index (χ2v) is 5.01. The molecule has 0 N–H and O–H groups in total. The molecule has 0 bridgehead atoms. The first-order chi connectivity index (χ1) is 7.22. The van der Waals surface area contributed by atoms with Gasteiger partial charge in [-0.15, -0.1) is 0 Å². The Morgan fingerprint density at radius 2 is 2.13 bits per heavy atom. The standard InChI is InChI=1S/C13H16BrN/c1-3-10(2)9-15-8-7-11-12(14)5-4-6-13(11)15/h4-8,10H,3,9H2,1-2H3. The monoisotopic (exact) mass is 265 g/mol. The van der Waals surface area contributed by atoms with E-state index in [9.17, 15) is 0 Å². The summed E-state index contributed by atoms with van der Waals surface area (Å²) in [5.41, 5.74) is 1.32. The number of aromatic nitrogens is 1. The molecule has 0 aliphatic carbocycles. The van der Waals surface area contributed by atoms with E-state index in [1.807, 2.05) is 0 Å². The van der Waals surface area contributed by atoms with Crippen molar-refractivity contribution in [1.29, 1.82) is 0 Å². The maximum atomic E-state index is 3.58. The van der Waals surface area contributed by atoms with Gasteiger partial charge in [0.05, 0.1) is 0 Å². The zero-order valence-electron chi connectivity index (χ0n) is 9.20. The van der Waals surface area contributed by atoms with Gasteiger partial charge in [0.1, 0.15) is 0 Å². The van der Waals surface area contributed by atoms with Crippen molar-refractivity contribution in [3.8, 4) is 0 Å². The zero-order valence-corrected chi connectivity index (χ0v) is 10.8. The molecule has 0 amide bonds. The topological polar surface area (TPSA) is 4.93 Å². The molecular weight excluding hydrogens is 250 g/mol. The molecule has 1 aromatic heterocycles. The summed E-state index contributed by atoms with van der Waals surface area (Å²) in [7, 11) is 0. The van der Waals surface area contributed by atoms with Crippen LogP contribution in [0, 0.1) is 5.92 Å². The van der Waals surface area contributed by atoms with Crippen LogP contribution in [0.1, 0.15) is 20.3 Å². The van der Waals surface area contributed by atoms with E-state index < -0.39 is 0 Å². The van der Waals surface area contributed by atoms with Crippen molar-refractivity contribution in [1.82, 2.24) is 4.57 Å². The third-order valence-corrected chi connectivity index (χ3v) is 3.66. The molecule has 2 heteroatoms. The van der Waals surface area contributed by atoms with E-state index in [1.165, 1.54) is 21.8 Å². The molecule has 2 rings (SSSR count). The summed E-state index contributed by atoms with van der Waals surface area (Å²) in [6.07, 6.45) is 3.41. The van der Waals surface area contributed by atoms with Crippen LogP contribution in [-0.2, 0) is 6.54 Å². The lowest BCUT2D eigenvalue weighted by molar-refractivity contribution is 0.477. The van der Waals surface area contributed by atoms with Gasteiger partial charge in [0, 0.05) is 28.1 Å². The Labute approximate surface area is 99.2 Å². The molecule has 2 aromatic rings. The SMILES string of the molecule is CCC(C)Cn1ccc2c(Br)cccc21. The smallest absolute Gasteiger partial charge is 0.0491 e. The Kier molecular flexibility index (Phi) is 3.15. The van der Waals surface area contributed by atoms with Crippen LogP contribution in [0.15, 0.2) is 34.9 Å². The van der Waals surface area contributed by atoms with Gasteiger partial charge in [0.25, 0.3) is 0 Å². The van der Waals surface area contributed by atoms with Gasteiger partial charge in [0.2, 0.25) is 0 Å². The third-order valence-electron chi connectivity index (χ3n) is 2.97. The largest absolute Gasteiger partial charge is 0.347 e. The average molecular weight is 266 g/mol. The lowest BCUT2D eigenvalue weighted by Gasteiger charge is -2.11. The first-order valence-corrected chi connectivity index (χ1v) is 6.25. The average Bonchev–Trinajstić information content (AvgIpc) is 2.63. The van der Waals surface area contributed by atoms with Crippen molar-refractivity contribution in [2.75, 3.05) is 0 Å². The molecule has 1 unspecified atom stereocenters. The molecule has 0 aliphatic heterocycles. The van der Waals surface area contributed by atoms with Crippen LogP contribution in [-0.4, -0.2) is 4.57 Å².